The molecule has 3 rings (SSSR count). The van der Waals surface area contributed by atoms with E-state index >= 15 is 0 Å². The van der Waals surface area contributed by atoms with Gasteiger partial charge in [0.15, 0.2) is 0 Å². The molecule has 0 radical (unpaired) electrons. The number of aliphatic hydroxyl groups is 1. The summed E-state index contributed by atoms with van der Waals surface area (Å²) >= 11 is 0. The number of aliphatic hydroxyl groups excluding tert-OH is 1. The van der Waals surface area contributed by atoms with Gasteiger partial charge in [-0.1, -0.05) is 112 Å². The van der Waals surface area contributed by atoms with E-state index in [1.54, 1.807) is 0 Å². The first-order chi connectivity index (χ1) is 16.4. The second kappa shape index (κ2) is 12.4. The Labute approximate surface area is 205 Å². The van der Waals surface area contributed by atoms with Crippen LogP contribution in [-0.2, 0) is 20.3 Å². The second-order valence-electron chi connectivity index (χ2n) is 9.74. The molecule has 34 heavy (non-hydrogen) atoms. The fourth-order valence-corrected chi connectivity index (χ4v) is 9.13. The Bertz CT molecular complexity index is 918. The highest BCUT2D eigenvalue weighted by atomic mass is 28.4. The fraction of sp³-hybridized carbons (Fsp3) is 0.379. The topological polar surface area (TPSA) is 47.9 Å². The van der Waals surface area contributed by atoms with Gasteiger partial charge in [0.1, 0.15) is 6.79 Å². The van der Waals surface area contributed by atoms with Crippen molar-refractivity contribution in [1.82, 2.24) is 0 Å². The first-order valence-electron chi connectivity index (χ1n) is 12.0. The lowest BCUT2D eigenvalue weighted by Gasteiger charge is -2.44. The van der Waals surface area contributed by atoms with Crippen molar-refractivity contribution in [3.05, 3.63) is 96.6 Å². The molecular formula is C29H38O4Si. The monoisotopic (exact) mass is 478 g/mol. The Kier molecular flexibility index (Phi) is 9.62. The van der Waals surface area contributed by atoms with Gasteiger partial charge >= 0.3 is 0 Å². The third kappa shape index (κ3) is 6.65. The molecule has 3 aromatic carbocycles. The van der Waals surface area contributed by atoms with E-state index in [0.29, 0.717) is 13.0 Å². The molecule has 0 aliphatic carbocycles. The van der Waals surface area contributed by atoms with E-state index in [1.165, 1.54) is 10.4 Å². The highest BCUT2D eigenvalue weighted by molar-refractivity contribution is 6.99. The van der Waals surface area contributed by atoms with Crippen LogP contribution in [0.3, 0.4) is 0 Å². The molecule has 0 aromatic heterocycles. The lowest BCUT2D eigenvalue weighted by atomic mass is 10.1. The smallest absolute Gasteiger partial charge is 0.261 e. The van der Waals surface area contributed by atoms with E-state index in [0.717, 1.165) is 5.56 Å². The average Bonchev–Trinajstić information content (AvgIpc) is 2.85. The van der Waals surface area contributed by atoms with E-state index in [9.17, 15) is 5.11 Å². The molecule has 4 nitrogen and oxygen atoms in total. The molecule has 1 N–H and O–H groups in total. The minimum absolute atomic E-state index is 0.0492. The molecule has 2 atom stereocenters. The molecule has 182 valence electrons. The fourth-order valence-electron chi connectivity index (χ4n) is 4.44. The van der Waals surface area contributed by atoms with Crippen molar-refractivity contribution in [3.8, 4) is 0 Å². The molecule has 0 fully saturated rings. The molecule has 0 unspecified atom stereocenters. The van der Waals surface area contributed by atoms with E-state index < -0.39 is 8.32 Å². The van der Waals surface area contributed by atoms with Gasteiger partial charge in [-0.2, -0.15) is 0 Å². The zero-order valence-corrected chi connectivity index (χ0v) is 21.8. The zero-order chi connectivity index (χ0) is 24.4. The molecule has 0 heterocycles. The zero-order valence-electron chi connectivity index (χ0n) is 20.8. The van der Waals surface area contributed by atoms with Gasteiger partial charge in [0.2, 0.25) is 0 Å². The van der Waals surface area contributed by atoms with Crippen LogP contribution in [-0.4, -0.2) is 45.6 Å². The quantitative estimate of drug-likeness (QED) is 0.236. The van der Waals surface area contributed by atoms with Crippen molar-refractivity contribution < 1.29 is 19.0 Å². The van der Waals surface area contributed by atoms with Crippen LogP contribution >= 0.6 is 0 Å². The Morgan fingerprint density at radius 3 is 1.76 bits per heavy atom. The Balaban J connectivity index is 1.67. The summed E-state index contributed by atoms with van der Waals surface area (Å²) < 4.78 is 18.7. The first-order valence-corrected chi connectivity index (χ1v) is 13.9. The standard InChI is InChI=1S/C29H38O4Si/c1-24(22-31-23-32-26(21-30)20-25-14-8-5-9-15-25)33-34(29(2,3)4,27-16-10-6-11-17-27)28-18-12-7-13-19-28/h5-19,24,26,30H,20-23H2,1-4H3/t24-,26-/m1/s1. The maximum atomic E-state index is 9.69. The Morgan fingerprint density at radius 2 is 1.29 bits per heavy atom. The van der Waals surface area contributed by atoms with Crippen LogP contribution in [0.5, 0.6) is 0 Å². The number of hydrogen-bond donors (Lipinski definition) is 1. The maximum Gasteiger partial charge on any atom is 0.261 e. The molecule has 3 aromatic rings. The van der Waals surface area contributed by atoms with E-state index in [2.05, 4.69) is 76.2 Å². The predicted octanol–water partition coefficient (Wildman–Crippen LogP) is 4.55. The van der Waals surface area contributed by atoms with Crippen molar-refractivity contribution >= 4 is 18.7 Å². The highest BCUT2D eigenvalue weighted by Crippen LogP contribution is 2.37. The summed E-state index contributed by atoms with van der Waals surface area (Å²) in [7, 11) is -2.61. The molecule has 0 aliphatic rings. The maximum absolute atomic E-state index is 9.69. The van der Waals surface area contributed by atoms with E-state index in [1.807, 2.05) is 42.5 Å². The minimum Gasteiger partial charge on any atom is -0.402 e. The van der Waals surface area contributed by atoms with Gasteiger partial charge in [0.25, 0.3) is 8.32 Å². The van der Waals surface area contributed by atoms with Gasteiger partial charge < -0.3 is 19.0 Å². The van der Waals surface area contributed by atoms with Crippen molar-refractivity contribution in [2.45, 2.75) is 51.4 Å². The SMILES string of the molecule is C[C@H](COCO[C@@H](CO)Cc1ccccc1)O[Si](c1ccccc1)(c1ccccc1)C(C)(C)C. The molecule has 0 saturated heterocycles. The molecule has 0 aliphatic heterocycles. The van der Waals surface area contributed by atoms with E-state index in [-0.39, 0.29) is 30.6 Å². The molecular weight excluding hydrogens is 440 g/mol. The van der Waals surface area contributed by atoms with Crippen LogP contribution in [0.25, 0.3) is 0 Å². The van der Waals surface area contributed by atoms with E-state index in [4.69, 9.17) is 13.9 Å². The summed E-state index contributed by atoms with van der Waals surface area (Å²) in [6.45, 7) is 9.35. The Hall–Kier alpha value is -2.28. The summed E-state index contributed by atoms with van der Waals surface area (Å²) in [4.78, 5) is 0. The summed E-state index contributed by atoms with van der Waals surface area (Å²) in [6.07, 6.45) is 0.223. The number of hydrogen-bond acceptors (Lipinski definition) is 4. The molecule has 0 bridgehead atoms. The van der Waals surface area contributed by atoms with Crippen LogP contribution in [0, 0.1) is 0 Å². The number of rotatable bonds is 12. The van der Waals surface area contributed by atoms with Crippen molar-refractivity contribution in [1.29, 1.82) is 0 Å². The van der Waals surface area contributed by atoms with Crippen LogP contribution in [0.15, 0.2) is 91.0 Å². The second-order valence-corrected chi connectivity index (χ2v) is 14.0. The summed E-state index contributed by atoms with van der Waals surface area (Å²) in [5.74, 6) is 0. The van der Waals surface area contributed by atoms with Crippen molar-refractivity contribution in [3.63, 3.8) is 0 Å². The molecule has 0 amide bonds. The normalized spacial score (nSPS) is 14.0. The number of benzene rings is 3. The van der Waals surface area contributed by atoms with Gasteiger partial charge in [-0.05, 0) is 27.9 Å². The predicted molar refractivity (Wildman–Crippen MR) is 141 cm³/mol. The third-order valence-corrected chi connectivity index (χ3v) is 11.2. The first kappa shape index (κ1) is 26.3. The van der Waals surface area contributed by atoms with Gasteiger partial charge in [0.05, 0.1) is 25.4 Å². The lowest BCUT2D eigenvalue weighted by Crippen LogP contribution is -2.67. The van der Waals surface area contributed by atoms with Gasteiger partial charge in [0, 0.05) is 6.42 Å². The molecule has 5 heteroatoms. The van der Waals surface area contributed by atoms with Crippen LogP contribution in [0.4, 0.5) is 0 Å². The minimum atomic E-state index is -2.61. The third-order valence-electron chi connectivity index (χ3n) is 6.04. The van der Waals surface area contributed by atoms with Crippen LogP contribution < -0.4 is 10.4 Å². The highest BCUT2D eigenvalue weighted by Gasteiger charge is 2.51. The van der Waals surface area contributed by atoms with Crippen molar-refractivity contribution in [2.24, 2.45) is 0 Å². The van der Waals surface area contributed by atoms with Crippen molar-refractivity contribution in [2.75, 3.05) is 20.0 Å². The van der Waals surface area contributed by atoms with Gasteiger partial charge in [-0.15, -0.1) is 0 Å². The van der Waals surface area contributed by atoms with Gasteiger partial charge in [-0.3, -0.25) is 0 Å². The van der Waals surface area contributed by atoms with Crippen LogP contribution in [0.2, 0.25) is 5.04 Å². The Morgan fingerprint density at radius 1 is 0.794 bits per heavy atom. The molecule has 0 spiro atoms. The summed E-state index contributed by atoms with van der Waals surface area (Å²) in [6, 6.07) is 31.2. The lowest BCUT2D eigenvalue weighted by molar-refractivity contribution is -0.113. The summed E-state index contributed by atoms with van der Waals surface area (Å²) in [5, 5.41) is 12.1. The number of ether oxygens (including phenoxy) is 2. The summed E-state index contributed by atoms with van der Waals surface area (Å²) in [5.41, 5.74) is 1.13. The largest absolute Gasteiger partial charge is 0.402 e. The average molecular weight is 479 g/mol. The van der Waals surface area contributed by atoms with Crippen LogP contribution in [0.1, 0.15) is 33.3 Å². The molecule has 0 saturated carbocycles. The van der Waals surface area contributed by atoms with Gasteiger partial charge in [-0.25, -0.2) is 0 Å².